The molecule has 1 rings (SSSR count). The maximum atomic E-state index is 13.3. The van der Waals surface area contributed by atoms with E-state index in [1.807, 2.05) is 13.0 Å². The lowest BCUT2D eigenvalue weighted by molar-refractivity contribution is 0.198. The quantitative estimate of drug-likeness (QED) is 0.583. The van der Waals surface area contributed by atoms with Gasteiger partial charge in [-0.3, -0.25) is 0 Å². The Labute approximate surface area is 106 Å². The van der Waals surface area contributed by atoms with Gasteiger partial charge in [0.2, 0.25) is 0 Å². The van der Waals surface area contributed by atoms with Gasteiger partial charge in [-0.25, -0.2) is 4.39 Å². The number of thioether (sulfide) groups is 1. The molecule has 1 aromatic carbocycles. The number of aliphatic hydroxyl groups is 1. The second-order valence-corrected chi connectivity index (χ2v) is 5.68. The zero-order valence-corrected chi connectivity index (χ0v) is 11.0. The number of unbranched alkanes of at least 4 members (excludes halogenated alkanes) is 1. The summed E-state index contributed by atoms with van der Waals surface area (Å²) in [6.07, 6.45) is 2.72. The number of nitrogens with two attached hydrogens (primary N) is 1. The molecule has 0 bridgehead atoms. The predicted octanol–water partition coefficient (Wildman–Crippen LogP) is 2.80. The molecule has 0 amide bonds. The molecule has 3 N–H and O–H groups in total. The Hall–Kier alpha value is -0.580. The molecule has 0 aliphatic carbocycles. The van der Waals surface area contributed by atoms with Crippen molar-refractivity contribution in [2.24, 2.45) is 5.73 Å². The van der Waals surface area contributed by atoms with Crippen LogP contribution in [0, 0.1) is 5.82 Å². The fraction of sp³-hybridized carbons (Fsp3) is 0.538. The van der Waals surface area contributed by atoms with Gasteiger partial charge in [-0.2, -0.15) is 0 Å². The lowest BCUT2D eigenvalue weighted by Crippen LogP contribution is -2.39. The summed E-state index contributed by atoms with van der Waals surface area (Å²) in [6, 6.07) is 6.81. The average Bonchev–Trinajstić information content (AvgIpc) is 2.31. The molecule has 1 aromatic rings. The summed E-state index contributed by atoms with van der Waals surface area (Å²) in [6.45, 7) is 1.85. The van der Waals surface area contributed by atoms with E-state index in [4.69, 9.17) is 10.8 Å². The van der Waals surface area contributed by atoms with Crippen LogP contribution in [0.3, 0.4) is 0 Å². The molecule has 0 saturated carbocycles. The maximum Gasteiger partial charge on any atom is 0.136 e. The van der Waals surface area contributed by atoms with Gasteiger partial charge in [0.15, 0.2) is 0 Å². The fourth-order valence-electron chi connectivity index (χ4n) is 1.45. The molecule has 2 nitrogen and oxygen atoms in total. The van der Waals surface area contributed by atoms with Crippen molar-refractivity contribution in [2.45, 2.75) is 36.6 Å². The monoisotopic (exact) mass is 257 g/mol. The highest BCUT2D eigenvalue weighted by Crippen LogP contribution is 2.23. The summed E-state index contributed by atoms with van der Waals surface area (Å²) in [5.74, 6) is 0.721. The topological polar surface area (TPSA) is 46.2 Å². The smallest absolute Gasteiger partial charge is 0.136 e. The highest BCUT2D eigenvalue weighted by atomic mass is 32.2. The Kier molecular flexibility index (Phi) is 5.95. The number of aliphatic hydroxyl groups excluding tert-OH is 1. The van der Waals surface area contributed by atoms with Gasteiger partial charge in [-0.05, 0) is 37.7 Å². The van der Waals surface area contributed by atoms with Gasteiger partial charge in [-0.15, -0.1) is 11.8 Å². The fourth-order valence-corrected chi connectivity index (χ4v) is 2.40. The Morgan fingerprint density at radius 2 is 2.06 bits per heavy atom. The van der Waals surface area contributed by atoms with Gasteiger partial charge < -0.3 is 10.8 Å². The number of halogens is 1. The molecule has 0 fully saturated rings. The maximum absolute atomic E-state index is 13.3. The zero-order valence-electron chi connectivity index (χ0n) is 10.2. The molecular formula is C13H20FNOS. The van der Waals surface area contributed by atoms with Crippen LogP contribution in [-0.4, -0.2) is 23.0 Å². The van der Waals surface area contributed by atoms with E-state index in [2.05, 4.69) is 0 Å². The normalized spacial score (nSPS) is 14.6. The lowest BCUT2D eigenvalue weighted by Gasteiger charge is -2.21. The largest absolute Gasteiger partial charge is 0.394 e. The molecule has 0 saturated heterocycles. The first-order valence-electron chi connectivity index (χ1n) is 5.82. The molecule has 0 aromatic heterocycles. The molecule has 0 heterocycles. The predicted molar refractivity (Wildman–Crippen MR) is 70.7 cm³/mol. The van der Waals surface area contributed by atoms with Gasteiger partial charge in [-0.1, -0.05) is 18.6 Å². The molecule has 1 unspecified atom stereocenters. The molecule has 4 heteroatoms. The molecule has 0 aliphatic heterocycles. The van der Waals surface area contributed by atoms with E-state index >= 15 is 0 Å². The highest BCUT2D eigenvalue weighted by Gasteiger charge is 2.15. The SMILES string of the molecule is CC(N)(CO)CCCCSc1ccccc1F. The lowest BCUT2D eigenvalue weighted by atomic mass is 9.98. The van der Waals surface area contributed by atoms with Crippen molar-refractivity contribution in [1.82, 2.24) is 0 Å². The molecule has 17 heavy (non-hydrogen) atoms. The summed E-state index contributed by atoms with van der Waals surface area (Å²) >= 11 is 1.53. The third-order valence-electron chi connectivity index (χ3n) is 2.60. The van der Waals surface area contributed by atoms with Crippen LogP contribution in [-0.2, 0) is 0 Å². The van der Waals surface area contributed by atoms with Crippen molar-refractivity contribution >= 4 is 11.8 Å². The zero-order chi connectivity index (χ0) is 12.7. The minimum Gasteiger partial charge on any atom is -0.394 e. The van der Waals surface area contributed by atoms with E-state index in [1.54, 1.807) is 12.1 Å². The highest BCUT2D eigenvalue weighted by molar-refractivity contribution is 7.99. The van der Waals surface area contributed by atoms with Crippen LogP contribution in [0.15, 0.2) is 29.2 Å². The number of rotatable bonds is 7. The van der Waals surface area contributed by atoms with E-state index in [0.717, 1.165) is 25.0 Å². The summed E-state index contributed by atoms with van der Waals surface area (Å²) in [7, 11) is 0. The van der Waals surface area contributed by atoms with Gasteiger partial charge in [0.25, 0.3) is 0 Å². The van der Waals surface area contributed by atoms with E-state index < -0.39 is 5.54 Å². The molecule has 1 atom stereocenters. The number of hydrogen-bond donors (Lipinski definition) is 2. The molecule has 0 spiro atoms. The number of hydrogen-bond acceptors (Lipinski definition) is 3. The van der Waals surface area contributed by atoms with Crippen LogP contribution in [0.1, 0.15) is 26.2 Å². The molecule has 0 aliphatic rings. The van der Waals surface area contributed by atoms with Crippen molar-refractivity contribution in [3.8, 4) is 0 Å². The van der Waals surface area contributed by atoms with Crippen molar-refractivity contribution in [1.29, 1.82) is 0 Å². The van der Waals surface area contributed by atoms with Gasteiger partial charge in [0.05, 0.1) is 6.61 Å². The summed E-state index contributed by atoms with van der Waals surface area (Å²) in [5.41, 5.74) is 5.33. The molecule has 0 radical (unpaired) electrons. The van der Waals surface area contributed by atoms with Crippen molar-refractivity contribution < 1.29 is 9.50 Å². The first-order chi connectivity index (χ1) is 8.05. The summed E-state index contributed by atoms with van der Waals surface area (Å²) < 4.78 is 13.3. The van der Waals surface area contributed by atoms with Crippen LogP contribution in [0.4, 0.5) is 4.39 Å². The second kappa shape index (κ2) is 6.99. The van der Waals surface area contributed by atoms with Gasteiger partial charge >= 0.3 is 0 Å². The first kappa shape index (κ1) is 14.5. The van der Waals surface area contributed by atoms with E-state index in [-0.39, 0.29) is 12.4 Å². The third kappa shape index (κ3) is 5.52. The molecular weight excluding hydrogens is 237 g/mol. The number of benzene rings is 1. The van der Waals surface area contributed by atoms with Gasteiger partial charge in [0, 0.05) is 10.4 Å². The Balaban J connectivity index is 2.19. The summed E-state index contributed by atoms with van der Waals surface area (Å²) in [5, 5.41) is 8.99. The molecule has 96 valence electrons. The van der Waals surface area contributed by atoms with E-state index in [0.29, 0.717) is 4.90 Å². The van der Waals surface area contributed by atoms with E-state index in [1.165, 1.54) is 17.8 Å². The first-order valence-corrected chi connectivity index (χ1v) is 6.81. The van der Waals surface area contributed by atoms with Crippen molar-refractivity contribution in [3.63, 3.8) is 0 Å². The Morgan fingerprint density at radius 1 is 1.35 bits per heavy atom. The standard InChI is InChI=1S/C13H20FNOS/c1-13(15,10-16)8-4-5-9-17-12-7-3-2-6-11(12)14/h2-3,6-7,16H,4-5,8-10,15H2,1H3. The van der Waals surface area contributed by atoms with Crippen LogP contribution in [0.25, 0.3) is 0 Å². The Morgan fingerprint density at radius 3 is 2.71 bits per heavy atom. The Bertz CT molecular complexity index is 344. The minimum atomic E-state index is -0.483. The average molecular weight is 257 g/mol. The minimum absolute atomic E-state index is 0.00740. The van der Waals surface area contributed by atoms with E-state index in [9.17, 15) is 4.39 Å². The van der Waals surface area contributed by atoms with Crippen LogP contribution >= 0.6 is 11.8 Å². The van der Waals surface area contributed by atoms with Crippen LogP contribution < -0.4 is 5.73 Å². The van der Waals surface area contributed by atoms with Crippen LogP contribution in [0.2, 0.25) is 0 Å². The van der Waals surface area contributed by atoms with Crippen molar-refractivity contribution in [3.05, 3.63) is 30.1 Å². The van der Waals surface area contributed by atoms with Crippen molar-refractivity contribution in [2.75, 3.05) is 12.4 Å². The third-order valence-corrected chi connectivity index (χ3v) is 3.73. The summed E-state index contributed by atoms with van der Waals surface area (Å²) in [4.78, 5) is 0.699. The van der Waals surface area contributed by atoms with Crippen LogP contribution in [0.5, 0.6) is 0 Å². The van der Waals surface area contributed by atoms with Gasteiger partial charge in [0.1, 0.15) is 5.82 Å². The second-order valence-electron chi connectivity index (χ2n) is 4.55.